The Kier molecular flexibility index (Phi) is 12.3. The van der Waals surface area contributed by atoms with Crippen LogP contribution in [0.5, 0.6) is 17.2 Å². The molecule has 0 amide bonds. The first-order valence-electron chi connectivity index (χ1n) is 23.3. The van der Waals surface area contributed by atoms with E-state index in [-0.39, 0.29) is 52.3 Å². The normalized spacial score (nSPS) is 48.1. The lowest BCUT2D eigenvalue weighted by Gasteiger charge is -2.72. The van der Waals surface area contributed by atoms with Crippen molar-refractivity contribution in [3.63, 3.8) is 0 Å². The molecule has 17 nitrogen and oxygen atoms in total. The van der Waals surface area contributed by atoms with Crippen molar-refractivity contribution in [2.45, 2.75) is 173 Å². The van der Waals surface area contributed by atoms with Gasteiger partial charge in [0.05, 0.1) is 29.3 Å². The third-order valence-corrected chi connectivity index (χ3v) is 18.7. The summed E-state index contributed by atoms with van der Waals surface area (Å²) in [7, 11) is 0. The maximum Gasteiger partial charge on any atom is 0.338 e. The van der Waals surface area contributed by atoms with Crippen LogP contribution in [0.1, 0.15) is 117 Å². The van der Waals surface area contributed by atoms with Gasteiger partial charge >= 0.3 is 11.9 Å². The average molecular weight is 919 g/mol. The molecule has 1 aromatic carbocycles. The third kappa shape index (κ3) is 7.32. The van der Waals surface area contributed by atoms with Crippen molar-refractivity contribution in [3.8, 4) is 17.2 Å². The van der Waals surface area contributed by atoms with Crippen LogP contribution < -0.4 is 0 Å². The number of phenols is 3. The largest absolute Gasteiger partial charge is 0.504 e. The highest BCUT2D eigenvalue weighted by Crippen LogP contribution is 2.76. The Balaban J connectivity index is 1.04. The summed E-state index contributed by atoms with van der Waals surface area (Å²) in [6.07, 6.45) is -5.89. The Labute approximate surface area is 379 Å². The molecule has 0 radical (unpaired) electrons. The molecule has 1 aromatic rings. The number of hydrogen-bond acceptors (Lipinski definition) is 17. The number of ether oxygens (including phenoxy) is 5. The molecule has 65 heavy (non-hydrogen) atoms. The second-order valence-corrected chi connectivity index (χ2v) is 22.2. The molecular weight excluding hydrogens is 849 g/mol. The van der Waals surface area contributed by atoms with E-state index in [1.807, 2.05) is 6.92 Å². The van der Waals surface area contributed by atoms with Gasteiger partial charge in [0.1, 0.15) is 49.3 Å². The maximum atomic E-state index is 15.0. The van der Waals surface area contributed by atoms with E-state index in [2.05, 4.69) is 40.7 Å². The van der Waals surface area contributed by atoms with E-state index in [9.17, 15) is 60.7 Å². The molecule has 17 heteroatoms. The monoisotopic (exact) mass is 918 g/mol. The van der Waals surface area contributed by atoms with Crippen molar-refractivity contribution in [1.29, 1.82) is 0 Å². The van der Waals surface area contributed by atoms with Gasteiger partial charge in [0.25, 0.3) is 0 Å². The number of esters is 2. The van der Waals surface area contributed by atoms with Gasteiger partial charge in [-0.1, -0.05) is 53.2 Å². The fourth-order valence-electron chi connectivity index (χ4n) is 14.5. The smallest absolute Gasteiger partial charge is 0.338 e. The highest BCUT2D eigenvalue weighted by Gasteiger charge is 2.72. The van der Waals surface area contributed by atoms with E-state index in [0.29, 0.717) is 32.1 Å². The number of carbonyl (C=O) groups excluding carboxylic acids is 2. The molecule has 0 unspecified atom stereocenters. The van der Waals surface area contributed by atoms with Crippen LogP contribution in [0, 0.1) is 50.7 Å². The number of aliphatic hydroxyl groups is 7. The molecule has 8 rings (SSSR count). The van der Waals surface area contributed by atoms with Crippen molar-refractivity contribution < 1.29 is 84.3 Å². The molecule has 2 aliphatic heterocycles. The summed E-state index contributed by atoms with van der Waals surface area (Å²) in [6.45, 7) is 14.5. The number of benzene rings is 1. The summed E-state index contributed by atoms with van der Waals surface area (Å²) in [6, 6.07) is 1.73. The van der Waals surface area contributed by atoms with E-state index in [0.717, 1.165) is 43.4 Å². The summed E-state index contributed by atoms with van der Waals surface area (Å²) < 4.78 is 29.3. The molecule has 7 aliphatic rings. The number of hydrogen-bond donors (Lipinski definition) is 10. The molecule has 10 N–H and O–H groups in total. The van der Waals surface area contributed by atoms with Gasteiger partial charge in [-0.3, -0.25) is 4.79 Å². The molecule has 2 heterocycles. The van der Waals surface area contributed by atoms with Crippen molar-refractivity contribution in [1.82, 2.24) is 0 Å². The minimum absolute atomic E-state index is 0.128. The summed E-state index contributed by atoms with van der Waals surface area (Å²) in [5.41, 5.74) is -3.05. The molecule has 5 aliphatic carbocycles. The number of allylic oxidation sites excluding steroid dienone is 1. The van der Waals surface area contributed by atoms with Crippen LogP contribution in [-0.2, 0) is 28.5 Å². The van der Waals surface area contributed by atoms with Crippen LogP contribution in [0.15, 0.2) is 23.8 Å². The quantitative estimate of drug-likeness (QED) is 0.0815. The number of fused-ring (bicyclic) bond motifs is 7. The first-order valence-corrected chi connectivity index (χ1v) is 23.3. The van der Waals surface area contributed by atoms with E-state index in [4.69, 9.17) is 23.7 Å². The second kappa shape index (κ2) is 16.6. The Morgan fingerprint density at radius 3 is 2.11 bits per heavy atom. The van der Waals surface area contributed by atoms with Gasteiger partial charge in [-0.2, -0.15) is 0 Å². The Morgan fingerprint density at radius 2 is 1.43 bits per heavy atom. The molecule has 0 spiro atoms. The zero-order valence-electron chi connectivity index (χ0n) is 38.4. The first kappa shape index (κ1) is 48.4. The lowest BCUT2D eigenvalue weighted by molar-refractivity contribution is -0.308. The van der Waals surface area contributed by atoms with E-state index in [1.165, 1.54) is 0 Å². The summed E-state index contributed by atoms with van der Waals surface area (Å²) >= 11 is 0. The average Bonchev–Trinajstić information content (AvgIpc) is 3.24. The summed E-state index contributed by atoms with van der Waals surface area (Å²) in [5, 5.41) is 106. The number of phenolic OH excluding ortho intramolecular Hbond substituents is 3. The Hall–Kier alpha value is -3.10. The highest BCUT2D eigenvalue weighted by molar-refractivity contribution is 5.91. The summed E-state index contributed by atoms with van der Waals surface area (Å²) in [4.78, 5) is 27.8. The van der Waals surface area contributed by atoms with Crippen LogP contribution >= 0.6 is 0 Å². The lowest BCUT2D eigenvalue weighted by atomic mass is 9.33. The van der Waals surface area contributed by atoms with E-state index in [1.54, 1.807) is 6.92 Å². The van der Waals surface area contributed by atoms with Gasteiger partial charge in [-0.25, -0.2) is 4.79 Å². The molecule has 0 bridgehead atoms. The third-order valence-electron chi connectivity index (χ3n) is 18.7. The number of rotatable bonds is 7. The van der Waals surface area contributed by atoms with Crippen LogP contribution in [0.25, 0.3) is 0 Å². The van der Waals surface area contributed by atoms with Gasteiger partial charge in [0, 0.05) is 5.92 Å². The van der Waals surface area contributed by atoms with Gasteiger partial charge in [0.2, 0.25) is 6.29 Å². The predicted octanol–water partition coefficient (Wildman–Crippen LogP) is 2.91. The molecule has 0 aromatic heterocycles. The second-order valence-electron chi connectivity index (χ2n) is 22.2. The SMILES string of the molecule is C[C@@H]1CC[C@]2(C(=O)O[C@@H]3O[C@H](COC(=O)c4cc(O)c(O)c(O)c4)[C@@H](O)[C@H](O)[C@H]3O)CC[C@]3(C)C(=CC[C@@H]4[C@@]5(C)CC[C@H](O[C@@H]6OC[C@H](O)[C@H](O)[C@H]6O)C(C)(C)[C@@H]5CC[C@]43C)[C@@H]2[C@]1(C)O. The van der Waals surface area contributed by atoms with Crippen molar-refractivity contribution >= 4 is 11.9 Å². The summed E-state index contributed by atoms with van der Waals surface area (Å²) in [5.74, 6) is -4.58. The molecule has 364 valence electrons. The fraction of sp³-hybridized carbons (Fsp3) is 0.792. The zero-order chi connectivity index (χ0) is 47.6. The van der Waals surface area contributed by atoms with Crippen molar-refractivity contribution in [3.05, 3.63) is 29.3 Å². The number of aromatic hydroxyl groups is 3. The fourth-order valence-corrected chi connectivity index (χ4v) is 14.5. The standard InChI is InChI=1S/C48H70O17/c1-22-10-15-48(42(59)65-41-37(57)35(55)34(54)28(63-41)21-61-39(58)23-18-25(49)32(52)26(50)19-23)17-16-45(5)24(38(48)47(22,7)60)8-9-30-44(4)13-12-31(43(2,3)29(44)11-14-46(30,45)6)64-40-36(56)33(53)27(51)20-62-40/h8,18-19,22,27-31,33-38,40-41,49-57,60H,9-17,20-21H2,1-7H3/t22-,27+,28-,29+,30-,31+,33+,34-,35+,36-,37-,38-,40+,41+,44+,45-,46-,47-,48+/m1/s1. The minimum atomic E-state index is -1.88. The van der Waals surface area contributed by atoms with Gasteiger partial charge in [0.15, 0.2) is 23.5 Å². The molecule has 6 fully saturated rings. The number of aliphatic hydroxyl groups excluding tert-OH is 6. The molecule has 19 atom stereocenters. The van der Waals surface area contributed by atoms with Crippen LogP contribution in [0.3, 0.4) is 0 Å². The Bertz CT molecular complexity index is 2020. The molecule has 4 saturated carbocycles. The van der Waals surface area contributed by atoms with Crippen LogP contribution in [0.2, 0.25) is 0 Å². The minimum Gasteiger partial charge on any atom is -0.504 e. The van der Waals surface area contributed by atoms with Crippen molar-refractivity contribution in [2.24, 2.45) is 50.7 Å². The topological polar surface area (TPSA) is 283 Å². The van der Waals surface area contributed by atoms with Crippen molar-refractivity contribution in [2.75, 3.05) is 13.2 Å². The van der Waals surface area contributed by atoms with E-state index >= 15 is 0 Å². The maximum absolute atomic E-state index is 15.0. The Morgan fingerprint density at radius 1 is 0.769 bits per heavy atom. The van der Waals surface area contributed by atoms with Gasteiger partial charge < -0.3 is 74.7 Å². The van der Waals surface area contributed by atoms with Crippen LogP contribution in [0.4, 0.5) is 0 Å². The van der Waals surface area contributed by atoms with Crippen LogP contribution in [-0.4, -0.2) is 143 Å². The van der Waals surface area contributed by atoms with Gasteiger partial charge in [-0.15, -0.1) is 0 Å². The zero-order valence-corrected chi connectivity index (χ0v) is 38.4. The van der Waals surface area contributed by atoms with Gasteiger partial charge in [-0.05, 0) is 116 Å². The first-order chi connectivity index (χ1) is 30.3. The highest BCUT2D eigenvalue weighted by atomic mass is 16.7. The van der Waals surface area contributed by atoms with E-state index < -0.39 is 113 Å². The lowest BCUT2D eigenvalue weighted by Crippen LogP contribution is -2.68. The predicted molar refractivity (Wildman–Crippen MR) is 228 cm³/mol. The molecule has 2 saturated heterocycles. The molecular formula is C48H70O17. The number of carbonyl (C=O) groups is 2.